The molecule has 0 aliphatic carbocycles. The van der Waals surface area contributed by atoms with Gasteiger partial charge >= 0.3 is 0 Å². The van der Waals surface area contributed by atoms with Gasteiger partial charge in [-0.2, -0.15) is 0 Å². The zero-order valence-electron chi connectivity index (χ0n) is 12.7. The number of fused-ring (bicyclic) bond motifs is 1. The van der Waals surface area contributed by atoms with Crippen LogP contribution in [-0.4, -0.2) is 40.7 Å². The second-order valence-electron chi connectivity index (χ2n) is 5.78. The number of nitrogens with zero attached hydrogens (tertiary/aromatic N) is 4. The van der Waals surface area contributed by atoms with Crippen molar-refractivity contribution in [3.63, 3.8) is 0 Å². The third kappa shape index (κ3) is 3.09. The fraction of sp³-hybridized carbons (Fsp3) is 0.438. The number of anilines is 2. The maximum Gasteiger partial charge on any atom is 0.218 e. The fourth-order valence-electron chi connectivity index (χ4n) is 3.10. The molecule has 0 saturated carbocycles. The Morgan fingerprint density at radius 1 is 1.22 bits per heavy atom. The van der Waals surface area contributed by atoms with Gasteiger partial charge in [-0.05, 0) is 38.1 Å². The van der Waals surface area contributed by atoms with Crippen LogP contribution in [-0.2, 0) is 6.42 Å². The summed E-state index contributed by atoms with van der Waals surface area (Å²) in [5, 5.41) is 3.86. The summed E-state index contributed by atoms with van der Waals surface area (Å²) in [7, 11) is 0. The van der Waals surface area contributed by atoms with Gasteiger partial charge in [0.2, 0.25) is 5.88 Å². The predicted octanol–water partition coefficient (Wildman–Crippen LogP) is 2.35. The van der Waals surface area contributed by atoms with Crippen LogP contribution in [0.2, 0.25) is 5.15 Å². The van der Waals surface area contributed by atoms with Crippen molar-refractivity contribution in [3.05, 3.63) is 35.4 Å². The molecule has 1 N–H and O–H groups in total. The molecule has 2 aromatic heterocycles. The summed E-state index contributed by atoms with van der Waals surface area (Å²) < 4.78 is 6.01. The van der Waals surface area contributed by atoms with Crippen LogP contribution in [0, 0.1) is 0 Å². The van der Waals surface area contributed by atoms with Gasteiger partial charge in [0.15, 0.2) is 0 Å². The zero-order chi connectivity index (χ0) is 15.6. The molecule has 1 saturated heterocycles. The summed E-state index contributed by atoms with van der Waals surface area (Å²) in [6.45, 7) is 2.83. The van der Waals surface area contributed by atoms with Crippen LogP contribution in [0.3, 0.4) is 0 Å². The number of ether oxygens (including phenoxy) is 1. The highest BCUT2D eigenvalue weighted by atomic mass is 35.5. The van der Waals surface area contributed by atoms with E-state index in [4.69, 9.17) is 16.3 Å². The Hall–Kier alpha value is -1.92. The highest BCUT2D eigenvalue weighted by Gasteiger charge is 2.24. The van der Waals surface area contributed by atoms with Crippen molar-refractivity contribution in [2.45, 2.75) is 25.4 Å². The summed E-state index contributed by atoms with van der Waals surface area (Å²) in [5.41, 5.74) is 2.07. The van der Waals surface area contributed by atoms with Crippen molar-refractivity contribution in [1.82, 2.24) is 20.3 Å². The van der Waals surface area contributed by atoms with Crippen molar-refractivity contribution >= 4 is 23.1 Å². The van der Waals surface area contributed by atoms with E-state index in [0.29, 0.717) is 11.0 Å². The van der Waals surface area contributed by atoms with Crippen LogP contribution in [0.1, 0.15) is 18.5 Å². The van der Waals surface area contributed by atoms with Crippen LogP contribution in [0.25, 0.3) is 0 Å². The summed E-state index contributed by atoms with van der Waals surface area (Å²) in [6, 6.07) is 5.71. The van der Waals surface area contributed by atoms with Gasteiger partial charge in [0.25, 0.3) is 0 Å². The minimum absolute atomic E-state index is 0.227. The smallest absolute Gasteiger partial charge is 0.218 e. The molecular weight excluding hydrogens is 314 g/mol. The number of halogens is 1. The molecule has 0 amide bonds. The predicted molar refractivity (Wildman–Crippen MR) is 88.5 cm³/mol. The quantitative estimate of drug-likeness (QED) is 0.871. The minimum atomic E-state index is 0.227. The molecule has 0 spiro atoms. The van der Waals surface area contributed by atoms with E-state index in [-0.39, 0.29) is 6.10 Å². The standard InChI is InChI=1S/C16H18ClN5O/c17-14-2-1-13-12(21-14)5-8-22(13)15-9-16(20-10-19-15)23-11-3-6-18-7-4-11/h1-2,9-11,18H,3-8H2. The maximum atomic E-state index is 6.01. The number of hydrogen-bond donors (Lipinski definition) is 1. The Morgan fingerprint density at radius 3 is 2.96 bits per heavy atom. The van der Waals surface area contributed by atoms with E-state index in [9.17, 15) is 0 Å². The molecule has 0 bridgehead atoms. The first kappa shape index (κ1) is 14.7. The molecule has 0 radical (unpaired) electrons. The van der Waals surface area contributed by atoms with Crippen LogP contribution >= 0.6 is 11.6 Å². The van der Waals surface area contributed by atoms with E-state index in [1.165, 1.54) is 0 Å². The molecule has 23 heavy (non-hydrogen) atoms. The number of piperidine rings is 1. The number of nitrogens with one attached hydrogen (secondary N) is 1. The Bertz CT molecular complexity index is 705. The van der Waals surface area contributed by atoms with Crippen molar-refractivity contribution in [2.24, 2.45) is 0 Å². The molecular formula is C16H18ClN5O. The molecule has 0 aromatic carbocycles. The maximum absolute atomic E-state index is 6.01. The van der Waals surface area contributed by atoms with Crippen LogP contribution < -0.4 is 15.0 Å². The minimum Gasteiger partial charge on any atom is -0.474 e. The molecule has 0 unspecified atom stereocenters. The molecule has 2 aliphatic heterocycles. The Morgan fingerprint density at radius 2 is 2.09 bits per heavy atom. The van der Waals surface area contributed by atoms with Gasteiger partial charge in [-0.3, -0.25) is 0 Å². The zero-order valence-corrected chi connectivity index (χ0v) is 13.5. The largest absolute Gasteiger partial charge is 0.474 e. The molecule has 1 fully saturated rings. The summed E-state index contributed by atoms with van der Waals surface area (Å²) >= 11 is 5.97. The second-order valence-corrected chi connectivity index (χ2v) is 6.17. The number of pyridine rings is 1. The molecule has 0 atom stereocenters. The lowest BCUT2D eigenvalue weighted by molar-refractivity contribution is 0.156. The number of aromatic nitrogens is 3. The molecule has 7 heteroatoms. The molecule has 4 rings (SSSR count). The van der Waals surface area contributed by atoms with Crippen molar-refractivity contribution in [1.29, 1.82) is 0 Å². The lowest BCUT2D eigenvalue weighted by atomic mass is 10.1. The average Bonchev–Trinajstić information content (AvgIpc) is 2.99. The van der Waals surface area contributed by atoms with Crippen molar-refractivity contribution in [2.75, 3.05) is 24.5 Å². The second kappa shape index (κ2) is 6.29. The van der Waals surface area contributed by atoms with Gasteiger partial charge < -0.3 is 15.0 Å². The highest BCUT2D eigenvalue weighted by molar-refractivity contribution is 6.29. The monoisotopic (exact) mass is 331 g/mol. The van der Waals surface area contributed by atoms with E-state index < -0.39 is 0 Å². The third-order valence-electron chi connectivity index (χ3n) is 4.26. The molecule has 4 heterocycles. The molecule has 2 aromatic rings. The van der Waals surface area contributed by atoms with Gasteiger partial charge in [0.05, 0.1) is 11.4 Å². The Labute approximate surface area is 139 Å². The van der Waals surface area contributed by atoms with Crippen molar-refractivity contribution in [3.8, 4) is 5.88 Å². The van der Waals surface area contributed by atoms with Gasteiger partial charge in [-0.15, -0.1) is 0 Å². The molecule has 6 nitrogen and oxygen atoms in total. The highest BCUT2D eigenvalue weighted by Crippen LogP contribution is 2.34. The topological polar surface area (TPSA) is 63.2 Å². The van der Waals surface area contributed by atoms with Crippen LogP contribution in [0.15, 0.2) is 24.5 Å². The number of hydrogen-bond acceptors (Lipinski definition) is 6. The first-order chi connectivity index (χ1) is 11.3. The third-order valence-corrected chi connectivity index (χ3v) is 4.47. The molecule has 2 aliphatic rings. The summed E-state index contributed by atoms with van der Waals surface area (Å²) in [5.74, 6) is 1.48. The lowest BCUT2D eigenvalue weighted by Crippen LogP contribution is -2.34. The Kier molecular flexibility index (Phi) is 4.01. The van der Waals surface area contributed by atoms with Crippen LogP contribution in [0.5, 0.6) is 5.88 Å². The van der Waals surface area contributed by atoms with Crippen molar-refractivity contribution < 1.29 is 4.74 Å². The van der Waals surface area contributed by atoms with Gasteiger partial charge in [0.1, 0.15) is 23.4 Å². The SMILES string of the molecule is Clc1ccc2c(n1)CCN2c1cc(OC2CCNCC2)ncn1. The lowest BCUT2D eigenvalue weighted by Gasteiger charge is -2.24. The van der Waals surface area contributed by atoms with E-state index in [1.807, 2.05) is 18.2 Å². The van der Waals surface area contributed by atoms with E-state index in [2.05, 4.69) is 25.2 Å². The number of rotatable bonds is 3. The van der Waals surface area contributed by atoms with E-state index in [1.54, 1.807) is 6.33 Å². The van der Waals surface area contributed by atoms with Gasteiger partial charge in [-0.25, -0.2) is 15.0 Å². The summed E-state index contributed by atoms with van der Waals surface area (Å²) in [6.07, 6.45) is 4.67. The van der Waals surface area contributed by atoms with E-state index >= 15 is 0 Å². The Balaban J connectivity index is 1.55. The first-order valence-corrected chi connectivity index (χ1v) is 8.30. The average molecular weight is 332 g/mol. The van der Waals surface area contributed by atoms with Gasteiger partial charge in [0, 0.05) is 19.0 Å². The van der Waals surface area contributed by atoms with Gasteiger partial charge in [-0.1, -0.05) is 11.6 Å². The fourth-order valence-corrected chi connectivity index (χ4v) is 3.26. The van der Waals surface area contributed by atoms with Crippen LogP contribution in [0.4, 0.5) is 11.5 Å². The summed E-state index contributed by atoms with van der Waals surface area (Å²) in [4.78, 5) is 15.2. The first-order valence-electron chi connectivity index (χ1n) is 7.92. The van der Waals surface area contributed by atoms with E-state index in [0.717, 1.165) is 56.1 Å². The normalized spacial score (nSPS) is 18.0. The molecule has 120 valence electrons.